The molecule has 2 atom stereocenters. The fourth-order valence-electron chi connectivity index (χ4n) is 8.53. The minimum atomic E-state index is -0.866. The molecule has 2 unspecified atom stereocenters. The minimum absolute atomic E-state index is 0.0343. The Balaban J connectivity index is 0.00000190. The molecule has 0 radical (unpaired) electrons. The molecule has 6 heteroatoms. The Morgan fingerprint density at radius 1 is 0.630 bits per heavy atom. The van der Waals surface area contributed by atoms with Gasteiger partial charge in [-0.25, -0.2) is 0 Å². The predicted octanol–water partition coefficient (Wildman–Crippen LogP) is 9.26. The number of benzene rings is 4. The van der Waals surface area contributed by atoms with Crippen molar-refractivity contribution in [1.82, 2.24) is 10.2 Å². The monoisotopic (exact) mass is 733 g/mol. The van der Waals surface area contributed by atoms with Crippen molar-refractivity contribution in [2.75, 3.05) is 32.7 Å². The lowest BCUT2D eigenvalue weighted by Crippen LogP contribution is -2.49. The maximum absolute atomic E-state index is 13.3. The first-order valence-corrected chi connectivity index (χ1v) is 20.7. The standard InChI is InChI=1S/C44H56N4O2.2C2H6/c1-35(43(41(45)49,36-20-10-6-11-21-36)37-22-12-7-13-23-37)28-31-47-30-18-4-2-3-5-19-32-48-33-29-40(34-48)44(42(46)50,38-24-14-8-15-25-38)39-26-16-9-17-27-39;2*1-2/h6-17,20-27,35,40,47H,2-5,18-19,28-34H2,1H3,(H2,45,49)(H2,46,50);2*1-2H3. The van der Waals surface area contributed by atoms with E-state index in [1.54, 1.807) is 0 Å². The summed E-state index contributed by atoms with van der Waals surface area (Å²) in [4.78, 5) is 29.1. The summed E-state index contributed by atoms with van der Waals surface area (Å²) in [5.41, 5.74) is 14.7. The molecular weight excluding hydrogens is 665 g/mol. The second kappa shape index (κ2) is 23.5. The molecule has 2 amide bonds. The van der Waals surface area contributed by atoms with E-state index in [0.29, 0.717) is 0 Å². The first-order chi connectivity index (χ1) is 26.4. The van der Waals surface area contributed by atoms with E-state index in [-0.39, 0.29) is 23.7 Å². The molecule has 5 N–H and O–H groups in total. The summed E-state index contributed by atoms with van der Waals surface area (Å²) >= 11 is 0. The molecule has 0 spiro atoms. The molecule has 0 aliphatic carbocycles. The molecule has 1 aliphatic rings. The molecule has 0 saturated carbocycles. The highest BCUT2D eigenvalue weighted by atomic mass is 16.2. The van der Waals surface area contributed by atoms with Crippen molar-refractivity contribution in [3.8, 4) is 0 Å². The van der Waals surface area contributed by atoms with Gasteiger partial charge in [0.05, 0.1) is 0 Å². The molecule has 4 aromatic carbocycles. The fraction of sp³-hybridized carbons (Fsp3) is 0.458. The van der Waals surface area contributed by atoms with E-state index in [0.717, 1.165) is 74.2 Å². The summed E-state index contributed by atoms with van der Waals surface area (Å²) in [6.07, 6.45) is 9.04. The Morgan fingerprint density at radius 2 is 1.06 bits per heavy atom. The van der Waals surface area contributed by atoms with Crippen molar-refractivity contribution in [1.29, 1.82) is 0 Å². The molecule has 4 aromatic rings. The molecule has 1 fully saturated rings. The van der Waals surface area contributed by atoms with Crippen LogP contribution in [0.5, 0.6) is 0 Å². The van der Waals surface area contributed by atoms with Gasteiger partial charge >= 0.3 is 0 Å². The number of primary amides is 2. The largest absolute Gasteiger partial charge is 0.369 e. The van der Waals surface area contributed by atoms with Gasteiger partial charge in [0, 0.05) is 6.54 Å². The number of likely N-dealkylation sites (tertiary alicyclic amines) is 1. The predicted molar refractivity (Wildman–Crippen MR) is 227 cm³/mol. The molecule has 0 aromatic heterocycles. The van der Waals surface area contributed by atoms with E-state index in [2.05, 4.69) is 41.4 Å². The van der Waals surface area contributed by atoms with Gasteiger partial charge in [-0.2, -0.15) is 0 Å². The smallest absolute Gasteiger partial charge is 0.232 e. The lowest BCUT2D eigenvalue weighted by molar-refractivity contribution is -0.124. The van der Waals surface area contributed by atoms with Crippen molar-refractivity contribution >= 4 is 11.8 Å². The van der Waals surface area contributed by atoms with Crippen LogP contribution in [0.15, 0.2) is 121 Å². The Labute approximate surface area is 327 Å². The quantitative estimate of drug-likeness (QED) is 0.0789. The van der Waals surface area contributed by atoms with Crippen molar-refractivity contribution < 1.29 is 9.59 Å². The molecule has 6 nitrogen and oxygen atoms in total. The topological polar surface area (TPSA) is 101 Å². The second-order valence-corrected chi connectivity index (χ2v) is 14.2. The maximum Gasteiger partial charge on any atom is 0.232 e. The fourth-order valence-corrected chi connectivity index (χ4v) is 8.53. The van der Waals surface area contributed by atoms with Crippen LogP contribution in [-0.2, 0) is 20.4 Å². The van der Waals surface area contributed by atoms with Crippen molar-refractivity contribution in [2.24, 2.45) is 23.3 Å². The first-order valence-electron chi connectivity index (χ1n) is 20.7. The Morgan fingerprint density at radius 3 is 1.50 bits per heavy atom. The van der Waals surface area contributed by atoms with Crippen molar-refractivity contribution in [3.05, 3.63) is 144 Å². The van der Waals surface area contributed by atoms with E-state index in [1.807, 2.05) is 125 Å². The van der Waals surface area contributed by atoms with E-state index in [1.165, 1.54) is 32.1 Å². The molecule has 0 bridgehead atoms. The minimum Gasteiger partial charge on any atom is -0.369 e. The summed E-state index contributed by atoms with van der Waals surface area (Å²) in [5, 5.41) is 3.63. The summed E-state index contributed by atoms with van der Waals surface area (Å²) in [6, 6.07) is 40.2. The van der Waals surface area contributed by atoms with Crippen LogP contribution in [0.4, 0.5) is 0 Å². The van der Waals surface area contributed by atoms with Crippen LogP contribution in [0.2, 0.25) is 0 Å². The molecule has 1 saturated heterocycles. The van der Waals surface area contributed by atoms with Crippen LogP contribution in [0, 0.1) is 11.8 Å². The average Bonchev–Trinajstić information content (AvgIpc) is 3.69. The molecular formula is C48H68N4O2. The zero-order valence-corrected chi connectivity index (χ0v) is 33.8. The molecule has 292 valence electrons. The number of nitrogens with two attached hydrogens (primary N) is 2. The lowest BCUT2D eigenvalue weighted by atomic mass is 9.64. The zero-order valence-electron chi connectivity index (χ0n) is 33.8. The van der Waals surface area contributed by atoms with E-state index >= 15 is 0 Å². The van der Waals surface area contributed by atoms with Crippen molar-refractivity contribution in [2.45, 2.75) is 96.8 Å². The van der Waals surface area contributed by atoms with Crippen LogP contribution in [0.25, 0.3) is 0 Å². The number of unbranched alkanes of at least 4 members (excludes halogenated alkanes) is 5. The number of rotatable bonds is 20. The van der Waals surface area contributed by atoms with E-state index in [9.17, 15) is 9.59 Å². The van der Waals surface area contributed by atoms with Gasteiger partial charge in [-0.1, -0.05) is 182 Å². The van der Waals surface area contributed by atoms with Crippen LogP contribution < -0.4 is 16.8 Å². The SMILES string of the molecule is CC.CC.CC(CCNCCCCCCCCN1CCC(C(C(N)=O)(c2ccccc2)c2ccccc2)C1)C(C(N)=O)(c1ccccc1)c1ccccc1. The van der Waals surface area contributed by atoms with Gasteiger partial charge in [-0.05, 0) is 86.0 Å². The van der Waals surface area contributed by atoms with Gasteiger partial charge in [0.15, 0.2) is 0 Å². The van der Waals surface area contributed by atoms with E-state index < -0.39 is 10.8 Å². The van der Waals surface area contributed by atoms with E-state index in [4.69, 9.17) is 11.5 Å². The number of hydrogen-bond donors (Lipinski definition) is 3. The average molecular weight is 733 g/mol. The highest BCUT2D eigenvalue weighted by Crippen LogP contribution is 2.44. The number of nitrogens with one attached hydrogen (secondary N) is 1. The zero-order chi connectivity index (χ0) is 39.2. The first kappa shape index (κ1) is 44.1. The highest BCUT2D eigenvalue weighted by molar-refractivity contribution is 5.92. The van der Waals surface area contributed by atoms with Crippen LogP contribution in [0.1, 0.15) is 108 Å². The number of hydrogen-bond acceptors (Lipinski definition) is 4. The Hall–Kier alpha value is -4.26. The van der Waals surface area contributed by atoms with Gasteiger partial charge in [0.25, 0.3) is 0 Å². The van der Waals surface area contributed by atoms with Crippen molar-refractivity contribution in [3.63, 3.8) is 0 Å². The van der Waals surface area contributed by atoms with Gasteiger partial charge in [-0.15, -0.1) is 0 Å². The van der Waals surface area contributed by atoms with Gasteiger partial charge in [0.1, 0.15) is 10.8 Å². The van der Waals surface area contributed by atoms with Gasteiger partial charge in [-0.3, -0.25) is 9.59 Å². The number of nitrogens with zero attached hydrogens (tertiary/aromatic N) is 1. The second-order valence-electron chi connectivity index (χ2n) is 14.2. The van der Waals surface area contributed by atoms with Crippen LogP contribution >= 0.6 is 0 Å². The van der Waals surface area contributed by atoms with Gasteiger partial charge < -0.3 is 21.7 Å². The molecule has 1 aliphatic heterocycles. The summed E-state index contributed by atoms with van der Waals surface area (Å²) in [7, 11) is 0. The third-order valence-electron chi connectivity index (χ3n) is 11.1. The number of amides is 2. The van der Waals surface area contributed by atoms with Crippen LogP contribution in [0.3, 0.4) is 0 Å². The normalized spacial score (nSPS) is 14.9. The number of carbonyl (C=O) groups is 2. The summed E-state index contributed by atoms with van der Waals surface area (Å²) in [6.45, 7) is 14.9. The highest BCUT2D eigenvalue weighted by Gasteiger charge is 2.49. The van der Waals surface area contributed by atoms with Gasteiger partial charge in [0.2, 0.25) is 11.8 Å². The van der Waals surface area contributed by atoms with Crippen LogP contribution in [-0.4, -0.2) is 49.4 Å². The third kappa shape index (κ3) is 10.7. The summed E-state index contributed by atoms with van der Waals surface area (Å²) < 4.78 is 0. The Kier molecular flexibility index (Phi) is 19.2. The molecule has 54 heavy (non-hydrogen) atoms. The lowest BCUT2D eigenvalue weighted by Gasteiger charge is -2.37. The maximum atomic E-state index is 13.3. The Bertz CT molecular complexity index is 1520. The molecule has 5 rings (SSSR count). The molecule has 1 heterocycles. The summed E-state index contributed by atoms with van der Waals surface area (Å²) in [5.74, 6) is -0.384. The number of carbonyl (C=O) groups excluding carboxylic acids is 2. The third-order valence-corrected chi connectivity index (χ3v) is 11.1.